The second-order valence-corrected chi connectivity index (χ2v) is 11.8. The van der Waals surface area contributed by atoms with Crippen molar-refractivity contribution in [2.75, 3.05) is 26.7 Å². The van der Waals surface area contributed by atoms with E-state index in [1.807, 2.05) is 12.1 Å². The quantitative estimate of drug-likeness (QED) is 0.391. The van der Waals surface area contributed by atoms with Gasteiger partial charge < -0.3 is 14.9 Å². The Bertz CT molecular complexity index is 975. The van der Waals surface area contributed by atoms with Crippen LogP contribution in [0.2, 0.25) is 0 Å². The molecule has 196 valence electrons. The molecule has 0 spiro atoms. The molecular weight excluding hydrogens is 444 g/mol. The molecule has 0 aromatic heterocycles. The summed E-state index contributed by atoms with van der Waals surface area (Å²) in [4.78, 5) is 18.3. The van der Waals surface area contributed by atoms with Crippen molar-refractivity contribution in [1.82, 2.24) is 9.80 Å². The molecule has 1 N–H and O–H groups in total. The van der Waals surface area contributed by atoms with E-state index in [0.29, 0.717) is 29.9 Å². The number of carbonyl (C=O) groups is 1. The third kappa shape index (κ3) is 6.51. The minimum atomic E-state index is 0.0410. The summed E-state index contributed by atoms with van der Waals surface area (Å²) in [6.07, 6.45) is 9.30. The highest BCUT2D eigenvalue weighted by Gasteiger charge is 2.49. The molecule has 1 heterocycles. The number of amides is 1. The lowest BCUT2D eigenvalue weighted by atomic mass is 9.57. The summed E-state index contributed by atoms with van der Waals surface area (Å²) in [5.41, 5.74) is 2.69. The van der Waals surface area contributed by atoms with Crippen molar-refractivity contribution in [3.63, 3.8) is 0 Å². The van der Waals surface area contributed by atoms with Crippen LogP contribution in [0.5, 0.6) is 5.75 Å². The number of phenolic OH excluding ortho intramolecular Hbond substituents is 1. The van der Waals surface area contributed by atoms with Gasteiger partial charge in [-0.3, -0.25) is 4.79 Å². The maximum Gasteiger partial charge on any atom is 0.222 e. The van der Waals surface area contributed by atoms with Crippen molar-refractivity contribution in [2.24, 2.45) is 11.8 Å². The van der Waals surface area contributed by atoms with E-state index < -0.39 is 0 Å². The van der Waals surface area contributed by atoms with Crippen LogP contribution in [0.1, 0.15) is 76.3 Å². The minimum absolute atomic E-state index is 0.0410. The number of carbonyl (C=O) groups excluding carboxylic acids is 1. The number of fused-ring (bicyclic) bond motifs is 1. The summed E-state index contributed by atoms with van der Waals surface area (Å²) in [5.74, 6) is 1.72. The van der Waals surface area contributed by atoms with Crippen molar-refractivity contribution in [2.45, 2.75) is 83.1 Å². The van der Waals surface area contributed by atoms with Gasteiger partial charge in [0.05, 0.1) is 0 Å². The summed E-state index contributed by atoms with van der Waals surface area (Å²) in [7, 11) is 2.23. The molecule has 2 fully saturated rings. The molecule has 2 aliphatic rings. The Kier molecular flexibility index (Phi) is 9.11. The van der Waals surface area contributed by atoms with Gasteiger partial charge in [-0.25, -0.2) is 0 Å². The highest BCUT2D eigenvalue weighted by atomic mass is 16.3. The van der Waals surface area contributed by atoms with Crippen LogP contribution in [0, 0.1) is 11.8 Å². The molecule has 2 aromatic carbocycles. The van der Waals surface area contributed by atoms with Crippen molar-refractivity contribution < 1.29 is 9.90 Å². The first-order valence-electron chi connectivity index (χ1n) is 14.2. The number of benzene rings is 2. The number of aromatic hydroxyl groups is 1. The maximum atomic E-state index is 13.6. The first-order chi connectivity index (χ1) is 17.4. The number of likely N-dealkylation sites (tertiary alicyclic amines) is 1. The van der Waals surface area contributed by atoms with Gasteiger partial charge in [-0.05, 0) is 93.6 Å². The van der Waals surface area contributed by atoms with Crippen LogP contribution < -0.4 is 0 Å². The van der Waals surface area contributed by atoms with Gasteiger partial charge in [-0.1, -0.05) is 62.7 Å². The molecule has 1 aliphatic heterocycles. The van der Waals surface area contributed by atoms with Crippen LogP contribution in [0.15, 0.2) is 54.6 Å². The number of aryl methyl sites for hydroxylation is 1. The second kappa shape index (κ2) is 12.3. The average molecular weight is 491 g/mol. The minimum Gasteiger partial charge on any atom is -0.508 e. The number of hydrogen-bond donors (Lipinski definition) is 1. The number of unbranched alkanes of at least 4 members (excludes halogenated alkanes) is 2. The van der Waals surface area contributed by atoms with Crippen molar-refractivity contribution in [1.29, 1.82) is 0 Å². The predicted octanol–water partition coefficient (Wildman–Crippen LogP) is 6.42. The zero-order chi connectivity index (χ0) is 25.5. The Morgan fingerprint density at radius 1 is 1.08 bits per heavy atom. The van der Waals surface area contributed by atoms with E-state index in [1.165, 1.54) is 11.1 Å². The monoisotopic (exact) mass is 490 g/mol. The molecule has 1 amide bonds. The van der Waals surface area contributed by atoms with Crippen LogP contribution in [-0.4, -0.2) is 53.5 Å². The van der Waals surface area contributed by atoms with E-state index in [-0.39, 0.29) is 11.5 Å². The van der Waals surface area contributed by atoms with E-state index in [4.69, 9.17) is 0 Å². The summed E-state index contributed by atoms with van der Waals surface area (Å²) in [5, 5.41) is 10.3. The summed E-state index contributed by atoms with van der Waals surface area (Å²) >= 11 is 0. The highest BCUT2D eigenvalue weighted by molar-refractivity contribution is 5.76. The maximum absolute atomic E-state index is 13.6. The van der Waals surface area contributed by atoms with Gasteiger partial charge in [0.15, 0.2) is 0 Å². The van der Waals surface area contributed by atoms with Crippen LogP contribution >= 0.6 is 0 Å². The normalized spacial score (nSPS) is 24.4. The second-order valence-electron chi connectivity index (χ2n) is 11.8. The van der Waals surface area contributed by atoms with Crippen molar-refractivity contribution in [3.05, 3.63) is 65.7 Å². The lowest BCUT2D eigenvalue weighted by Crippen LogP contribution is -2.56. The summed E-state index contributed by atoms with van der Waals surface area (Å²) in [6.45, 7) is 7.47. The molecule has 0 bridgehead atoms. The van der Waals surface area contributed by atoms with Gasteiger partial charge in [0.25, 0.3) is 0 Å². The fourth-order valence-electron chi connectivity index (χ4n) is 6.79. The SMILES string of the molecule is CC(C)CN(C(=O)CCCCCc1ccccc1)C1CCC2CN(C)CCC2(c2cccc(O)c2)C1. The molecule has 36 heavy (non-hydrogen) atoms. The van der Waals surface area contributed by atoms with Gasteiger partial charge in [-0.15, -0.1) is 0 Å². The van der Waals surface area contributed by atoms with Gasteiger partial charge in [-0.2, -0.15) is 0 Å². The molecule has 1 aliphatic carbocycles. The Hall–Kier alpha value is -2.33. The molecule has 4 nitrogen and oxygen atoms in total. The van der Waals surface area contributed by atoms with Gasteiger partial charge in [0.2, 0.25) is 5.91 Å². The summed E-state index contributed by atoms with van der Waals surface area (Å²) in [6, 6.07) is 18.9. The van der Waals surface area contributed by atoms with Crippen molar-refractivity contribution >= 4 is 5.91 Å². The smallest absolute Gasteiger partial charge is 0.222 e. The largest absolute Gasteiger partial charge is 0.508 e. The van der Waals surface area contributed by atoms with Crippen molar-refractivity contribution in [3.8, 4) is 5.75 Å². The van der Waals surface area contributed by atoms with Crippen LogP contribution in [0.25, 0.3) is 0 Å². The first kappa shape index (κ1) is 26.7. The van der Waals surface area contributed by atoms with Gasteiger partial charge in [0, 0.05) is 31.0 Å². The molecule has 3 unspecified atom stereocenters. The van der Waals surface area contributed by atoms with Gasteiger partial charge >= 0.3 is 0 Å². The van der Waals surface area contributed by atoms with E-state index in [2.05, 4.69) is 67.1 Å². The van der Waals surface area contributed by atoms with E-state index in [9.17, 15) is 9.90 Å². The van der Waals surface area contributed by atoms with Crippen LogP contribution in [-0.2, 0) is 16.6 Å². The Balaban J connectivity index is 1.43. The number of nitrogens with zero attached hydrogens (tertiary/aromatic N) is 2. The predicted molar refractivity (Wildman–Crippen MR) is 148 cm³/mol. The van der Waals surface area contributed by atoms with E-state index in [0.717, 1.165) is 71.0 Å². The molecule has 1 saturated heterocycles. The first-order valence-corrected chi connectivity index (χ1v) is 14.2. The van der Waals surface area contributed by atoms with Gasteiger partial charge in [0.1, 0.15) is 5.75 Å². The fraction of sp³-hybridized carbons (Fsp3) is 0.594. The molecule has 1 saturated carbocycles. The summed E-state index contributed by atoms with van der Waals surface area (Å²) < 4.78 is 0. The standard InChI is InChI=1S/C32H46N2O2/c1-25(2)23-34(31(36)16-9-5-8-13-26-11-6-4-7-12-26)29-18-17-28-24-33(3)20-19-32(28,22-29)27-14-10-15-30(35)21-27/h4,6-7,10-12,14-15,21,25,28-29,35H,5,8-9,13,16-20,22-24H2,1-3H3. The Morgan fingerprint density at radius 2 is 1.89 bits per heavy atom. The number of rotatable bonds is 10. The Morgan fingerprint density at radius 3 is 2.64 bits per heavy atom. The number of phenols is 1. The third-order valence-corrected chi connectivity index (χ3v) is 8.64. The van der Waals surface area contributed by atoms with Crippen LogP contribution in [0.3, 0.4) is 0 Å². The lowest BCUT2D eigenvalue weighted by Gasteiger charge is -2.54. The fourth-order valence-corrected chi connectivity index (χ4v) is 6.79. The number of hydrogen-bond acceptors (Lipinski definition) is 3. The molecule has 3 atom stereocenters. The molecule has 0 radical (unpaired) electrons. The lowest BCUT2D eigenvalue weighted by molar-refractivity contribution is -0.136. The molecule has 4 rings (SSSR count). The average Bonchev–Trinajstić information content (AvgIpc) is 2.87. The highest BCUT2D eigenvalue weighted by Crippen LogP contribution is 2.50. The molecular formula is C32H46N2O2. The van der Waals surface area contributed by atoms with E-state index >= 15 is 0 Å². The number of piperidine rings is 1. The van der Waals surface area contributed by atoms with E-state index in [1.54, 1.807) is 6.07 Å². The zero-order valence-electron chi connectivity index (χ0n) is 22.7. The zero-order valence-corrected chi connectivity index (χ0v) is 22.7. The molecule has 2 aromatic rings. The van der Waals surface area contributed by atoms with Crippen LogP contribution in [0.4, 0.5) is 0 Å². The topological polar surface area (TPSA) is 43.8 Å². The third-order valence-electron chi connectivity index (χ3n) is 8.64. The molecule has 4 heteroatoms. The Labute approximate surface area is 218 Å².